The van der Waals surface area contributed by atoms with Crippen molar-refractivity contribution in [2.45, 2.75) is 6.18 Å². The van der Waals surface area contributed by atoms with Crippen LogP contribution in [-0.2, 0) is 10.9 Å². The number of benzene rings is 1. The first-order valence-electron chi connectivity index (χ1n) is 5.80. The van der Waals surface area contributed by atoms with Gasteiger partial charge in [0.05, 0.1) is 18.9 Å². The molecule has 0 atom stereocenters. The summed E-state index contributed by atoms with van der Waals surface area (Å²) in [4.78, 5) is 11.3. The molecule has 0 radical (unpaired) electrons. The van der Waals surface area contributed by atoms with Crippen molar-refractivity contribution >= 4 is 24.4 Å². The van der Waals surface area contributed by atoms with Gasteiger partial charge in [-0.05, 0) is 29.9 Å². The van der Waals surface area contributed by atoms with E-state index in [0.29, 0.717) is 15.8 Å². The third-order valence-corrected chi connectivity index (χ3v) is 2.82. The van der Waals surface area contributed by atoms with E-state index in [0.717, 1.165) is 0 Å². The molecule has 1 aromatic heterocycles. The van der Waals surface area contributed by atoms with Gasteiger partial charge in [-0.1, -0.05) is 12.1 Å². The number of aromatic nitrogens is 3. The number of esters is 1. The van der Waals surface area contributed by atoms with Gasteiger partial charge in [0.15, 0.2) is 0 Å². The van der Waals surface area contributed by atoms with Gasteiger partial charge >= 0.3 is 12.1 Å². The molecule has 1 aromatic carbocycles. The van der Waals surface area contributed by atoms with E-state index < -0.39 is 18.0 Å². The van der Waals surface area contributed by atoms with Crippen molar-refractivity contribution in [1.29, 1.82) is 0 Å². The molecule has 0 fully saturated rings. The van der Waals surface area contributed by atoms with Crippen LogP contribution >= 0.6 is 12.2 Å². The molecule has 0 unspecified atom stereocenters. The van der Waals surface area contributed by atoms with E-state index in [-0.39, 0.29) is 4.77 Å². The van der Waals surface area contributed by atoms with Gasteiger partial charge < -0.3 is 4.74 Å². The van der Waals surface area contributed by atoms with Crippen LogP contribution in [0.3, 0.4) is 0 Å². The Morgan fingerprint density at radius 3 is 2.59 bits per heavy atom. The largest absolute Gasteiger partial charge is 0.465 e. The Morgan fingerprint density at radius 2 is 2.05 bits per heavy atom. The molecule has 22 heavy (non-hydrogen) atoms. The fourth-order valence-corrected chi connectivity index (χ4v) is 1.71. The summed E-state index contributed by atoms with van der Waals surface area (Å²) in [5.41, 5.74) is 0.791. The Labute approximate surface area is 127 Å². The fourth-order valence-electron chi connectivity index (χ4n) is 1.53. The van der Waals surface area contributed by atoms with Gasteiger partial charge in [0.2, 0.25) is 4.77 Å². The van der Waals surface area contributed by atoms with Gasteiger partial charge in [0, 0.05) is 0 Å². The molecule has 0 aliphatic rings. The van der Waals surface area contributed by atoms with Crippen LogP contribution in [0.25, 0.3) is 0 Å². The molecule has 0 saturated carbocycles. The van der Waals surface area contributed by atoms with Crippen LogP contribution in [0.4, 0.5) is 13.2 Å². The molecule has 1 heterocycles. The number of ether oxygens (including phenoxy) is 1. The van der Waals surface area contributed by atoms with Crippen LogP contribution < -0.4 is 0 Å². The van der Waals surface area contributed by atoms with Crippen LogP contribution in [0.5, 0.6) is 0 Å². The number of methoxy groups -OCH3 is 1. The molecule has 10 heteroatoms. The molecule has 6 nitrogen and oxygen atoms in total. The lowest BCUT2D eigenvalue weighted by atomic mass is 10.1. The monoisotopic (exact) mass is 330 g/mol. The maximum absolute atomic E-state index is 12.7. The summed E-state index contributed by atoms with van der Waals surface area (Å²) in [7, 11) is 1.25. The second kappa shape index (κ2) is 6.10. The molecule has 0 bridgehead atoms. The normalized spacial score (nSPS) is 11.8. The number of aromatic amines is 1. The van der Waals surface area contributed by atoms with Crippen molar-refractivity contribution in [3.05, 3.63) is 46.0 Å². The first kappa shape index (κ1) is 15.9. The number of nitrogens with zero attached hydrogens (tertiary/aromatic N) is 3. The number of hydrogen-bond acceptors (Lipinski definition) is 5. The fraction of sp³-hybridized carbons (Fsp3) is 0.167. The molecule has 1 N–H and O–H groups in total. The first-order chi connectivity index (χ1) is 10.3. The molecular weight excluding hydrogens is 321 g/mol. The number of carbonyl (C=O) groups is 1. The highest BCUT2D eigenvalue weighted by Crippen LogP contribution is 2.27. The Balaban J connectivity index is 2.28. The van der Waals surface area contributed by atoms with Crippen LogP contribution in [0.1, 0.15) is 21.7 Å². The lowest BCUT2D eigenvalue weighted by molar-refractivity contribution is -0.147. The van der Waals surface area contributed by atoms with E-state index in [1.807, 2.05) is 5.10 Å². The quantitative estimate of drug-likeness (QED) is 0.533. The zero-order valence-electron chi connectivity index (χ0n) is 11.1. The molecule has 0 aliphatic heterocycles. The number of carbonyl (C=O) groups excluding carboxylic acids is 1. The lowest BCUT2D eigenvalue weighted by Crippen LogP contribution is -2.12. The topological polar surface area (TPSA) is 72.3 Å². The van der Waals surface area contributed by atoms with E-state index in [4.69, 9.17) is 12.2 Å². The highest BCUT2D eigenvalue weighted by atomic mass is 32.1. The van der Waals surface area contributed by atoms with E-state index in [1.165, 1.54) is 37.6 Å². The van der Waals surface area contributed by atoms with E-state index >= 15 is 0 Å². The molecule has 2 aromatic rings. The highest BCUT2D eigenvalue weighted by Gasteiger charge is 2.37. The Morgan fingerprint density at radius 1 is 1.41 bits per heavy atom. The van der Waals surface area contributed by atoms with Gasteiger partial charge in [-0.25, -0.2) is 9.89 Å². The number of halogens is 3. The second-order valence-corrected chi connectivity index (χ2v) is 4.41. The summed E-state index contributed by atoms with van der Waals surface area (Å²) in [6.07, 6.45) is -3.51. The van der Waals surface area contributed by atoms with Crippen LogP contribution in [0.15, 0.2) is 29.4 Å². The molecule has 0 amide bonds. The highest BCUT2D eigenvalue weighted by molar-refractivity contribution is 7.71. The number of nitrogens with one attached hydrogen (secondary N) is 1. The number of alkyl halides is 3. The second-order valence-electron chi connectivity index (χ2n) is 4.02. The van der Waals surface area contributed by atoms with Gasteiger partial charge in [0.25, 0.3) is 5.82 Å². The van der Waals surface area contributed by atoms with Gasteiger partial charge in [-0.2, -0.15) is 22.9 Å². The summed E-state index contributed by atoms with van der Waals surface area (Å²) < 4.78 is 42.8. The third kappa shape index (κ3) is 3.39. The van der Waals surface area contributed by atoms with Crippen molar-refractivity contribution in [2.24, 2.45) is 5.10 Å². The van der Waals surface area contributed by atoms with Crippen LogP contribution in [0.2, 0.25) is 0 Å². The number of rotatable bonds is 3. The zero-order chi connectivity index (χ0) is 16.3. The molecule has 2 rings (SSSR count). The molecule has 0 spiro atoms. The molecular formula is C12H9F3N4O2S. The minimum Gasteiger partial charge on any atom is -0.465 e. The van der Waals surface area contributed by atoms with Gasteiger partial charge in [-0.15, -0.1) is 5.10 Å². The third-order valence-electron chi connectivity index (χ3n) is 2.56. The SMILES string of the molecule is COC(=O)c1ccc(/C=N\n2c(C(F)(F)F)n[nH]c2=S)cc1. The average Bonchev–Trinajstić information content (AvgIpc) is 2.86. The summed E-state index contributed by atoms with van der Waals surface area (Å²) in [6.45, 7) is 0. The minimum absolute atomic E-state index is 0.283. The maximum Gasteiger partial charge on any atom is 0.453 e. The summed E-state index contributed by atoms with van der Waals surface area (Å²) in [5, 5.41) is 8.78. The number of hydrogen-bond donors (Lipinski definition) is 1. The predicted octanol–water partition coefficient (Wildman–Crippen LogP) is 2.63. The van der Waals surface area contributed by atoms with Crippen molar-refractivity contribution in [1.82, 2.24) is 14.9 Å². The molecule has 116 valence electrons. The Bertz CT molecular complexity index is 762. The van der Waals surface area contributed by atoms with Crippen molar-refractivity contribution in [2.75, 3.05) is 7.11 Å². The summed E-state index contributed by atoms with van der Waals surface area (Å²) in [5.74, 6) is -1.76. The summed E-state index contributed by atoms with van der Waals surface area (Å²) in [6, 6.07) is 5.94. The van der Waals surface area contributed by atoms with E-state index in [9.17, 15) is 18.0 Å². The standard InChI is InChI=1S/C12H9F3N4O2S/c1-21-9(20)8-4-2-7(3-5-8)6-16-19-10(12(13,14)15)17-18-11(19)22/h2-6H,1H3,(H,18,22)/b16-6-. The Hall–Kier alpha value is -2.49. The van der Waals surface area contributed by atoms with Crippen molar-refractivity contribution in [3.8, 4) is 0 Å². The molecule has 0 saturated heterocycles. The lowest BCUT2D eigenvalue weighted by Gasteiger charge is -2.04. The minimum atomic E-state index is -4.68. The maximum atomic E-state index is 12.7. The zero-order valence-corrected chi connectivity index (χ0v) is 11.9. The van der Waals surface area contributed by atoms with Crippen molar-refractivity contribution in [3.63, 3.8) is 0 Å². The summed E-state index contributed by atoms with van der Waals surface area (Å²) >= 11 is 4.70. The Kier molecular flexibility index (Phi) is 4.40. The smallest absolute Gasteiger partial charge is 0.453 e. The van der Waals surface area contributed by atoms with Gasteiger partial charge in [-0.3, -0.25) is 0 Å². The van der Waals surface area contributed by atoms with Crippen LogP contribution in [0, 0.1) is 4.77 Å². The predicted molar refractivity (Wildman–Crippen MR) is 73.2 cm³/mol. The molecule has 0 aliphatic carbocycles. The first-order valence-corrected chi connectivity index (χ1v) is 6.21. The van der Waals surface area contributed by atoms with Crippen molar-refractivity contribution < 1.29 is 22.7 Å². The van der Waals surface area contributed by atoms with Gasteiger partial charge in [0.1, 0.15) is 0 Å². The van der Waals surface area contributed by atoms with Crippen LogP contribution in [-0.4, -0.2) is 34.2 Å². The van der Waals surface area contributed by atoms with E-state index in [2.05, 4.69) is 14.9 Å². The average molecular weight is 330 g/mol. The van der Waals surface area contributed by atoms with E-state index in [1.54, 1.807) is 0 Å². The number of H-pyrrole nitrogens is 1.